The van der Waals surface area contributed by atoms with Crippen LogP contribution in [0.1, 0.15) is 39.2 Å². The number of hydrogen-bond donors (Lipinski definition) is 0. The first-order valence-corrected chi connectivity index (χ1v) is 14.2. The molecule has 0 aliphatic heterocycles. The second-order valence-corrected chi connectivity index (χ2v) is 14.1. The zero-order valence-corrected chi connectivity index (χ0v) is 21.6. The second-order valence-electron chi connectivity index (χ2n) is 7.80. The molecular weight excluding hydrogens is 498 g/mol. The molecule has 0 radical (unpaired) electrons. The molecule has 0 amide bonds. The van der Waals surface area contributed by atoms with Gasteiger partial charge in [-0.05, 0) is 0 Å². The summed E-state index contributed by atoms with van der Waals surface area (Å²) in [5.41, 5.74) is 7.30. The molecule has 5 rings (SSSR count). The van der Waals surface area contributed by atoms with Gasteiger partial charge in [-0.3, -0.25) is 0 Å². The Bertz CT molecular complexity index is 1130. The monoisotopic (exact) mass is 522 g/mol. The van der Waals surface area contributed by atoms with Crippen molar-refractivity contribution in [1.29, 1.82) is 0 Å². The van der Waals surface area contributed by atoms with Gasteiger partial charge in [0.05, 0.1) is 0 Å². The van der Waals surface area contributed by atoms with Crippen LogP contribution in [0.2, 0.25) is 0 Å². The third-order valence-corrected chi connectivity index (χ3v) is 14.6. The van der Waals surface area contributed by atoms with Crippen molar-refractivity contribution in [1.82, 2.24) is 0 Å². The molecule has 0 nitrogen and oxygen atoms in total. The molecular formula is C28H26Cl2Zr. The van der Waals surface area contributed by atoms with E-state index in [1.807, 2.05) is 0 Å². The van der Waals surface area contributed by atoms with Crippen LogP contribution in [0.5, 0.6) is 0 Å². The molecule has 2 aliphatic rings. The summed E-state index contributed by atoms with van der Waals surface area (Å²) in [6.07, 6.45) is 10.6. The van der Waals surface area contributed by atoms with Crippen LogP contribution in [0.4, 0.5) is 0 Å². The SMILES string of the molecule is CC1=Cc2ccccc2[CH]1[Zr]([C]1=CC=CC1)=[C](c1ccccc1)c1ccccc1.Cl.Cl. The largest absolute Gasteiger partial charge is 0.147 e. The van der Waals surface area contributed by atoms with Gasteiger partial charge in [-0.2, -0.15) is 0 Å². The second kappa shape index (κ2) is 10.7. The van der Waals surface area contributed by atoms with Gasteiger partial charge in [-0.25, -0.2) is 0 Å². The van der Waals surface area contributed by atoms with Crippen LogP contribution in [0.3, 0.4) is 0 Å². The van der Waals surface area contributed by atoms with Crippen LogP contribution in [0.15, 0.2) is 112 Å². The van der Waals surface area contributed by atoms with E-state index in [9.17, 15) is 0 Å². The molecule has 1 unspecified atom stereocenters. The molecule has 0 saturated carbocycles. The van der Waals surface area contributed by atoms with Crippen molar-refractivity contribution in [3.63, 3.8) is 0 Å². The number of hydrogen-bond acceptors (Lipinski definition) is 0. The van der Waals surface area contributed by atoms with Crippen molar-refractivity contribution in [2.45, 2.75) is 17.0 Å². The minimum Gasteiger partial charge on any atom is -0.147 e. The minimum atomic E-state index is -2.33. The summed E-state index contributed by atoms with van der Waals surface area (Å²) in [6.45, 7) is 2.35. The fourth-order valence-corrected chi connectivity index (χ4v) is 13.7. The number of rotatable bonds is 4. The molecule has 0 N–H and O–H groups in total. The Hall–Kier alpha value is -1.79. The zero-order chi connectivity index (χ0) is 19.6. The summed E-state index contributed by atoms with van der Waals surface area (Å²) in [6, 6.07) is 31.3. The summed E-state index contributed by atoms with van der Waals surface area (Å²) in [7, 11) is 0. The van der Waals surface area contributed by atoms with Gasteiger partial charge in [-0.1, -0.05) is 0 Å². The van der Waals surface area contributed by atoms with Crippen molar-refractivity contribution >= 4 is 34.1 Å². The van der Waals surface area contributed by atoms with Gasteiger partial charge in [0.2, 0.25) is 0 Å². The van der Waals surface area contributed by atoms with Gasteiger partial charge in [0.15, 0.2) is 0 Å². The third kappa shape index (κ3) is 4.70. The molecule has 0 spiro atoms. The molecule has 156 valence electrons. The van der Waals surface area contributed by atoms with Gasteiger partial charge in [0.1, 0.15) is 0 Å². The molecule has 0 heterocycles. The Kier molecular flexibility index (Phi) is 8.23. The average molecular weight is 525 g/mol. The van der Waals surface area contributed by atoms with Gasteiger partial charge >= 0.3 is 182 Å². The Morgan fingerprint density at radius 2 is 1.35 bits per heavy atom. The van der Waals surface area contributed by atoms with E-state index in [-0.39, 0.29) is 24.8 Å². The molecule has 1 atom stereocenters. The molecule has 0 aromatic heterocycles. The maximum atomic E-state index is 2.43. The topological polar surface area (TPSA) is 0 Å². The summed E-state index contributed by atoms with van der Waals surface area (Å²) in [4.78, 5) is 0. The van der Waals surface area contributed by atoms with E-state index in [1.54, 1.807) is 6.49 Å². The first kappa shape index (κ1) is 23.9. The smallest absolute Gasteiger partial charge is 0.147 e. The number of fused-ring (bicyclic) bond motifs is 1. The van der Waals surface area contributed by atoms with E-state index in [4.69, 9.17) is 0 Å². The summed E-state index contributed by atoms with van der Waals surface area (Å²) < 4.78 is 3.89. The van der Waals surface area contributed by atoms with Gasteiger partial charge in [-0.15, -0.1) is 24.8 Å². The number of benzene rings is 3. The quantitative estimate of drug-likeness (QED) is 0.328. The predicted molar refractivity (Wildman–Crippen MR) is 135 cm³/mol. The minimum absolute atomic E-state index is 0. The molecule has 3 aromatic carbocycles. The van der Waals surface area contributed by atoms with E-state index in [2.05, 4.69) is 116 Å². The third-order valence-electron chi connectivity index (χ3n) is 5.95. The first-order valence-electron chi connectivity index (χ1n) is 10.3. The van der Waals surface area contributed by atoms with Gasteiger partial charge in [0, 0.05) is 0 Å². The van der Waals surface area contributed by atoms with Crippen LogP contribution in [0, 0.1) is 0 Å². The Morgan fingerprint density at radius 1 is 0.774 bits per heavy atom. The van der Waals surface area contributed by atoms with Crippen LogP contribution in [-0.4, -0.2) is 3.21 Å². The number of halogens is 2. The van der Waals surface area contributed by atoms with Crippen molar-refractivity contribution in [2.75, 3.05) is 0 Å². The summed E-state index contributed by atoms with van der Waals surface area (Å²) in [5.74, 6) is 0. The maximum absolute atomic E-state index is 2.43. The van der Waals surface area contributed by atoms with Gasteiger partial charge in [0.25, 0.3) is 0 Å². The average Bonchev–Trinajstić information content (AvgIpc) is 3.41. The fraction of sp³-hybridized carbons (Fsp3) is 0.107. The zero-order valence-electron chi connectivity index (χ0n) is 17.5. The normalized spacial score (nSPS) is 15.8. The van der Waals surface area contributed by atoms with Crippen LogP contribution in [0.25, 0.3) is 6.08 Å². The first-order chi connectivity index (χ1) is 14.3. The standard InChI is InChI=1S/C13H10.C10H9.C5H5.2ClH.Zr/c1-3-7-12(8-4-1)11-13-9-5-2-6-10-13;1-8-6-9-4-2-3-5-10(9)7-8;1-2-4-5-3-1;;;/h1-10H;2-7H,1H3;1-3H,4H2;2*1H;. The van der Waals surface area contributed by atoms with Crippen LogP contribution >= 0.6 is 24.8 Å². The molecule has 0 bridgehead atoms. The molecule has 0 fully saturated rings. The number of allylic oxidation sites excluding steroid dienone is 5. The Balaban J connectivity index is 0.00000136. The van der Waals surface area contributed by atoms with E-state index in [0.29, 0.717) is 3.63 Å². The van der Waals surface area contributed by atoms with E-state index < -0.39 is 21.3 Å². The molecule has 31 heavy (non-hydrogen) atoms. The van der Waals surface area contributed by atoms with E-state index >= 15 is 0 Å². The summed E-state index contributed by atoms with van der Waals surface area (Å²) in [5, 5.41) is 0. The van der Waals surface area contributed by atoms with E-state index in [1.165, 1.54) is 27.8 Å². The predicted octanol–water partition coefficient (Wildman–Crippen LogP) is 7.72. The summed E-state index contributed by atoms with van der Waals surface area (Å²) >= 11 is -2.33. The van der Waals surface area contributed by atoms with Crippen LogP contribution < -0.4 is 0 Å². The van der Waals surface area contributed by atoms with Crippen molar-refractivity contribution < 1.29 is 21.3 Å². The fourth-order valence-electron chi connectivity index (χ4n) is 4.69. The van der Waals surface area contributed by atoms with Crippen molar-refractivity contribution in [2.24, 2.45) is 0 Å². The molecule has 3 heteroatoms. The molecule has 0 saturated heterocycles. The molecule has 3 aromatic rings. The van der Waals surface area contributed by atoms with Crippen LogP contribution in [-0.2, 0) is 21.3 Å². The maximum Gasteiger partial charge on any atom is -0.147 e. The van der Waals surface area contributed by atoms with Crippen molar-refractivity contribution in [3.8, 4) is 0 Å². The van der Waals surface area contributed by atoms with Crippen molar-refractivity contribution in [3.05, 3.63) is 134 Å². The Morgan fingerprint density at radius 3 is 1.94 bits per heavy atom. The van der Waals surface area contributed by atoms with Gasteiger partial charge < -0.3 is 0 Å². The van der Waals surface area contributed by atoms with E-state index in [0.717, 1.165) is 6.42 Å². The molecule has 2 aliphatic carbocycles. The Labute approximate surface area is 205 Å².